The Hall–Kier alpha value is -4.53. The molecule has 8 nitrogen and oxygen atoms in total. The molecule has 4 rings (SSSR count). The predicted molar refractivity (Wildman–Crippen MR) is 143 cm³/mol. The summed E-state index contributed by atoms with van der Waals surface area (Å²) in [6.07, 6.45) is 3.00. The molecule has 196 valence electrons. The third kappa shape index (κ3) is 6.82. The third-order valence-electron chi connectivity index (χ3n) is 5.63. The zero-order chi connectivity index (χ0) is 27.3. The Bertz CT molecular complexity index is 1440. The lowest BCUT2D eigenvalue weighted by Gasteiger charge is -2.20. The number of amides is 2. The molecule has 2 aromatic heterocycles. The summed E-state index contributed by atoms with van der Waals surface area (Å²) in [6.45, 7) is 6.05. The molecule has 2 N–H and O–H groups in total. The van der Waals surface area contributed by atoms with Crippen molar-refractivity contribution in [2.45, 2.75) is 39.5 Å². The van der Waals surface area contributed by atoms with E-state index in [9.17, 15) is 14.0 Å². The minimum atomic E-state index is -0.620. The minimum Gasteiger partial charge on any atom is -0.444 e. The van der Waals surface area contributed by atoms with E-state index in [1.807, 2.05) is 36.5 Å². The number of nitrogens with one attached hydrogen (secondary N) is 2. The van der Waals surface area contributed by atoms with E-state index in [2.05, 4.69) is 15.6 Å². The number of ether oxygens (including phenoxy) is 1. The molecule has 0 fully saturated rings. The van der Waals surface area contributed by atoms with Gasteiger partial charge in [-0.25, -0.2) is 9.18 Å². The fourth-order valence-corrected chi connectivity index (χ4v) is 3.86. The maximum atomic E-state index is 13.5. The predicted octanol–water partition coefficient (Wildman–Crippen LogP) is 5.18. The average Bonchev–Trinajstić information content (AvgIpc) is 3.35. The van der Waals surface area contributed by atoms with Gasteiger partial charge in [0.2, 0.25) is 0 Å². The van der Waals surface area contributed by atoms with Crippen LogP contribution < -0.4 is 10.6 Å². The number of nitrogens with zero attached hydrogens (tertiary/aromatic N) is 3. The van der Waals surface area contributed by atoms with Crippen molar-refractivity contribution in [2.24, 2.45) is 0 Å². The van der Waals surface area contributed by atoms with Crippen LogP contribution in [0.1, 0.15) is 42.3 Å². The molecular weight excluding hydrogens is 485 g/mol. The monoisotopic (exact) mass is 515 g/mol. The van der Waals surface area contributed by atoms with Crippen molar-refractivity contribution in [3.63, 3.8) is 0 Å². The summed E-state index contributed by atoms with van der Waals surface area (Å²) in [7, 11) is 1.60. The van der Waals surface area contributed by atoms with E-state index in [1.165, 1.54) is 12.1 Å². The zero-order valence-corrected chi connectivity index (χ0v) is 21.8. The smallest absolute Gasteiger partial charge is 0.407 e. The number of carbonyl (C=O) groups is 2. The van der Waals surface area contributed by atoms with Gasteiger partial charge < -0.3 is 15.4 Å². The number of hydrogen-bond acceptors (Lipinski definition) is 5. The molecule has 0 saturated carbocycles. The molecular formula is C29H30FN5O3. The Morgan fingerprint density at radius 2 is 1.79 bits per heavy atom. The first-order valence-electron chi connectivity index (χ1n) is 12.2. The number of rotatable bonds is 7. The van der Waals surface area contributed by atoms with Gasteiger partial charge in [-0.1, -0.05) is 12.1 Å². The van der Waals surface area contributed by atoms with Crippen molar-refractivity contribution in [1.82, 2.24) is 25.4 Å². The van der Waals surface area contributed by atoms with Crippen LogP contribution in [0.5, 0.6) is 0 Å². The molecule has 0 saturated heterocycles. The van der Waals surface area contributed by atoms with Crippen LogP contribution in [0.2, 0.25) is 0 Å². The van der Waals surface area contributed by atoms with E-state index in [-0.39, 0.29) is 18.3 Å². The quantitative estimate of drug-likeness (QED) is 0.353. The lowest BCUT2D eigenvalue weighted by Crippen LogP contribution is -2.32. The highest BCUT2D eigenvalue weighted by atomic mass is 19.1. The molecule has 4 aromatic rings. The van der Waals surface area contributed by atoms with Crippen LogP contribution >= 0.6 is 0 Å². The van der Waals surface area contributed by atoms with Crippen LogP contribution in [0.25, 0.3) is 22.5 Å². The molecule has 0 radical (unpaired) electrons. The fourth-order valence-electron chi connectivity index (χ4n) is 3.86. The second kappa shape index (κ2) is 11.2. The maximum Gasteiger partial charge on any atom is 0.407 e. The highest BCUT2D eigenvalue weighted by Crippen LogP contribution is 2.27. The van der Waals surface area contributed by atoms with Crippen molar-refractivity contribution < 1.29 is 18.7 Å². The number of carbonyl (C=O) groups excluding carboxylic acids is 2. The first-order chi connectivity index (χ1) is 18.1. The van der Waals surface area contributed by atoms with E-state index in [4.69, 9.17) is 9.84 Å². The van der Waals surface area contributed by atoms with E-state index in [1.54, 1.807) is 56.9 Å². The van der Waals surface area contributed by atoms with Crippen molar-refractivity contribution in [3.8, 4) is 22.5 Å². The van der Waals surface area contributed by atoms with Crippen LogP contribution in [0.4, 0.5) is 9.18 Å². The number of hydrogen-bond donors (Lipinski definition) is 2. The summed E-state index contributed by atoms with van der Waals surface area (Å²) in [4.78, 5) is 28.8. The molecule has 0 atom stereocenters. The lowest BCUT2D eigenvalue weighted by molar-refractivity contribution is 0.0523. The second-order valence-corrected chi connectivity index (χ2v) is 9.77. The number of alkyl carbamates (subject to hydrolysis) is 1. The molecule has 9 heteroatoms. The van der Waals surface area contributed by atoms with Gasteiger partial charge in [0.15, 0.2) is 0 Å². The molecule has 0 aliphatic carbocycles. The topological polar surface area (TPSA) is 98.1 Å². The van der Waals surface area contributed by atoms with Gasteiger partial charge in [0.05, 0.1) is 17.9 Å². The van der Waals surface area contributed by atoms with Gasteiger partial charge in [0, 0.05) is 42.7 Å². The third-order valence-corrected chi connectivity index (χ3v) is 5.63. The van der Waals surface area contributed by atoms with Crippen LogP contribution in [-0.4, -0.2) is 39.4 Å². The summed E-state index contributed by atoms with van der Waals surface area (Å²) in [5, 5.41) is 10.2. The Labute approximate surface area is 220 Å². The first kappa shape index (κ1) is 26.5. The molecule has 0 bridgehead atoms. The normalized spacial score (nSPS) is 11.2. The van der Waals surface area contributed by atoms with Gasteiger partial charge in [-0.15, -0.1) is 0 Å². The lowest BCUT2D eigenvalue weighted by atomic mass is 10.0. The van der Waals surface area contributed by atoms with Crippen molar-refractivity contribution in [1.29, 1.82) is 0 Å². The highest BCUT2D eigenvalue weighted by Gasteiger charge is 2.18. The van der Waals surface area contributed by atoms with Gasteiger partial charge in [-0.05, 0) is 80.4 Å². The van der Waals surface area contributed by atoms with Gasteiger partial charge in [-0.2, -0.15) is 5.10 Å². The van der Waals surface area contributed by atoms with Crippen LogP contribution in [0.15, 0.2) is 73.1 Å². The molecule has 2 heterocycles. The number of pyridine rings is 1. The second-order valence-electron chi connectivity index (χ2n) is 9.77. The molecule has 38 heavy (non-hydrogen) atoms. The van der Waals surface area contributed by atoms with Crippen molar-refractivity contribution >= 4 is 12.0 Å². The molecule has 2 amide bonds. The van der Waals surface area contributed by atoms with Crippen LogP contribution in [-0.2, 0) is 17.8 Å². The Kier molecular flexibility index (Phi) is 7.85. The van der Waals surface area contributed by atoms with Gasteiger partial charge in [0.25, 0.3) is 5.91 Å². The van der Waals surface area contributed by atoms with E-state index in [0.29, 0.717) is 23.5 Å². The Balaban J connectivity index is 1.63. The first-order valence-corrected chi connectivity index (χ1v) is 12.2. The fraction of sp³-hybridized carbons (Fsp3) is 0.241. The van der Waals surface area contributed by atoms with E-state index in [0.717, 1.165) is 22.3 Å². The number of benzene rings is 2. The molecule has 0 unspecified atom stereocenters. The SMILES string of the molecule is CNC(=O)c1cccc(Cn2ccc(-c3cc(-c4ccc(F)cc4)ncc3CNC(=O)OC(C)(C)C)n2)c1. The minimum absolute atomic E-state index is 0.153. The van der Waals surface area contributed by atoms with E-state index >= 15 is 0 Å². The van der Waals surface area contributed by atoms with Crippen molar-refractivity contribution in [2.75, 3.05) is 7.05 Å². The summed E-state index contributed by atoms with van der Waals surface area (Å²) < 4.78 is 20.6. The summed E-state index contributed by atoms with van der Waals surface area (Å²) >= 11 is 0. The highest BCUT2D eigenvalue weighted by molar-refractivity contribution is 5.94. The summed E-state index contributed by atoms with van der Waals surface area (Å²) in [6, 6.07) is 17.2. The van der Waals surface area contributed by atoms with Crippen molar-refractivity contribution in [3.05, 3.63) is 95.6 Å². The molecule has 0 aliphatic heterocycles. The standard InChI is InChI=1S/C29H30FN5O3/c1-29(2,3)38-28(37)33-17-22-16-32-26(20-8-10-23(30)11-9-20)15-24(22)25-12-13-35(34-25)18-19-6-5-7-21(14-19)27(36)31-4/h5-16H,17-18H2,1-4H3,(H,31,36)(H,33,37). The Morgan fingerprint density at radius 1 is 1.03 bits per heavy atom. The average molecular weight is 516 g/mol. The summed E-state index contributed by atoms with van der Waals surface area (Å²) in [5.74, 6) is -0.480. The van der Waals surface area contributed by atoms with Crippen LogP contribution in [0, 0.1) is 5.82 Å². The summed E-state index contributed by atoms with van der Waals surface area (Å²) in [5.41, 5.74) is 4.48. The maximum absolute atomic E-state index is 13.5. The number of aromatic nitrogens is 3. The molecule has 0 aliphatic rings. The largest absolute Gasteiger partial charge is 0.444 e. The Morgan fingerprint density at radius 3 is 2.50 bits per heavy atom. The van der Waals surface area contributed by atoms with Crippen LogP contribution in [0.3, 0.4) is 0 Å². The van der Waals surface area contributed by atoms with Gasteiger partial charge in [-0.3, -0.25) is 14.5 Å². The van der Waals surface area contributed by atoms with Gasteiger partial charge in [0.1, 0.15) is 11.4 Å². The molecule has 0 spiro atoms. The number of halogens is 1. The molecule has 2 aromatic carbocycles. The van der Waals surface area contributed by atoms with E-state index < -0.39 is 11.7 Å². The zero-order valence-electron chi connectivity index (χ0n) is 21.8. The van der Waals surface area contributed by atoms with Gasteiger partial charge >= 0.3 is 6.09 Å².